The Labute approximate surface area is 158 Å². The Hall–Kier alpha value is -3.15. The van der Waals surface area contributed by atoms with E-state index in [2.05, 4.69) is 10.6 Å². The molecule has 2 aromatic rings. The number of nitrogens with one attached hydrogen (secondary N) is 2. The van der Waals surface area contributed by atoms with Gasteiger partial charge in [0.15, 0.2) is 0 Å². The Morgan fingerprint density at radius 3 is 2.33 bits per heavy atom. The minimum atomic E-state index is -0.348. The minimum absolute atomic E-state index is 0.0422. The number of benzene rings is 2. The van der Waals surface area contributed by atoms with Gasteiger partial charge in [-0.25, -0.2) is 0 Å². The fourth-order valence-electron chi connectivity index (χ4n) is 3.53. The first-order valence-corrected chi connectivity index (χ1v) is 8.95. The van der Waals surface area contributed by atoms with E-state index in [1.54, 1.807) is 36.2 Å². The molecule has 6 heteroatoms. The van der Waals surface area contributed by atoms with E-state index in [1.165, 1.54) is 6.92 Å². The highest BCUT2D eigenvalue weighted by molar-refractivity contribution is 5.96. The van der Waals surface area contributed by atoms with E-state index < -0.39 is 0 Å². The van der Waals surface area contributed by atoms with Crippen molar-refractivity contribution in [3.8, 4) is 0 Å². The molecule has 140 valence electrons. The largest absolute Gasteiger partial charge is 0.338 e. The van der Waals surface area contributed by atoms with Crippen molar-refractivity contribution in [3.63, 3.8) is 0 Å². The quantitative estimate of drug-likeness (QED) is 0.873. The number of rotatable bonds is 4. The van der Waals surface area contributed by atoms with Crippen molar-refractivity contribution in [1.29, 1.82) is 0 Å². The van der Waals surface area contributed by atoms with Crippen LogP contribution < -0.4 is 10.6 Å². The molecule has 0 unspecified atom stereocenters. The Morgan fingerprint density at radius 1 is 1.00 bits per heavy atom. The maximum Gasteiger partial charge on any atom is 0.229 e. The van der Waals surface area contributed by atoms with E-state index in [-0.39, 0.29) is 29.7 Å². The second kappa shape index (κ2) is 8.03. The smallest absolute Gasteiger partial charge is 0.229 e. The number of piperidine rings is 1. The number of likely N-dealkylation sites (tertiary alicyclic amines) is 1. The number of carbonyl (C=O) groups excluding carboxylic acids is 3. The summed E-state index contributed by atoms with van der Waals surface area (Å²) in [6.45, 7) is 1.44. The Morgan fingerprint density at radius 2 is 1.67 bits per heavy atom. The van der Waals surface area contributed by atoms with Crippen molar-refractivity contribution in [1.82, 2.24) is 4.90 Å². The van der Waals surface area contributed by atoms with Crippen LogP contribution in [0.4, 0.5) is 11.4 Å². The van der Waals surface area contributed by atoms with Gasteiger partial charge in [-0.2, -0.15) is 0 Å². The molecule has 0 radical (unpaired) electrons. The third-order valence-corrected chi connectivity index (χ3v) is 4.79. The molecule has 0 bridgehead atoms. The van der Waals surface area contributed by atoms with Crippen LogP contribution >= 0.6 is 0 Å². The molecule has 1 aliphatic heterocycles. The van der Waals surface area contributed by atoms with Gasteiger partial charge >= 0.3 is 0 Å². The van der Waals surface area contributed by atoms with Crippen LogP contribution in [0.5, 0.6) is 0 Å². The second-order valence-corrected chi connectivity index (χ2v) is 6.76. The van der Waals surface area contributed by atoms with E-state index >= 15 is 0 Å². The van der Waals surface area contributed by atoms with Crippen LogP contribution in [0.25, 0.3) is 0 Å². The molecule has 2 N–H and O–H groups in total. The molecular weight excluding hydrogens is 342 g/mol. The molecule has 1 aliphatic rings. The van der Waals surface area contributed by atoms with Crippen LogP contribution in [0.1, 0.15) is 31.4 Å². The van der Waals surface area contributed by atoms with Gasteiger partial charge < -0.3 is 15.5 Å². The minimum Gasteiger partial charge on any atom is -0.338 e. The van der Waals surface area contributed by atoms with Crippen molar-refractivity contribution in [2.45, 2.75) is 25.8 Å². The normalized spacial score (nSPS) is 19.5. The number of carbonyl (C=O) groups is 3. The molecule has 0 aromatic heterocycles. The fraction of sp³-hybridized carbons (Fsp3) is 0.286. The first-order valence-electron chi connectivity index (χ1n) is 8.95. The zero-order chi connectivity index (χ0) is 19.4. The van der Waals surface area contributed by atoms with Crippen LogP contribution in [0.15, 0.2) is 54.6 Å². The maximum atomic E-state index is 13.0. The monoisotopic (exact) mass is 365 g/mol. The SMILES string of the molecule is CC(=O)Nc1cccc(NC(=O)[C@H]2CCC(=O)N(C)[C@@H]2c2ccccc2)c1. The van der Waals surface area contributed by atoms with E-state index in [9.17, 15) is 14.4 Å². The molecule has 6 nitrogen and oxygen atoms in total. The fourth-order valence-corrected chi connectivity index (χ4v) is 3.53. The molecule has 2 aromatic carbocycles. The van der Waals surface area contributed by atoms with Crippen molar-refractivity contribution in [3.05, 3.63) is 60.2 Å². The molecule has 1 heterocycles. The number of nitrogens with zero attached hydrogens (tertiary/aromatic N) is 1. The van der Waals surface area contributed by atoms with Crippen LogP contribution in [0, 0.1) is 5.92 Å². The topological polar surface area (TPSA) is 78.5 Å². The third kappa shape index (κ3) is 4.34. The summed E-state index contributed by atoms with van der Waals surface area (Å²) in [5.74, 6) is -0.613. The molecule has 0 aliphatic carbocycles. The van der Waals surface area contributed by atoms with Crippen LogP contribution in [-0.4, -0.2) is 29.7 Å². The average Bonchev–Trinajstić information content (AvgIpc) is 2.64. The second-order valence-electron chi connectivity index (χ2n) is 6.76. The summed E-state index contributed by atoms with van der Waals surface area (Å²) < 4.78 is 0. The summed E-state index contributed by atoms with van der Waals surface area (Å²) in [5, 5.41) is 5.63. The van der Waals surface area contributed by atoms with Gasteiger partial charge in [0.1, 0.15) is 0 Å². The van der Waals surface area contributed by atoms with Crippen molar-refractivity contribution >= 4 is 29.1 Å². The standard InChI is InChI=1S/C21H23N3O3/c1-14(25)22-16-9-6-10-17(13-16)23-21(27)18-11-12-19(26)24(2)20(18)15-7-4-3-5-8-15/h3-10,13,18,20H,11-12H2,1-2H3,(H,22,25)(H,23,27)/t18-,20+/m0/s1. The van der Waals surface area contributed by atoms with Crippen molar-refractivity contribution in [2.24, 2.45) is 5.92 Å². The predicted molar refractivity (Wildman–Crippen MR) is 104 cm³/mol. The van der Waals surface area contributed by atoms with Gasteiger partial charge in [0, 0.05) is 31.8 Å². The van der Waals surface area contributed by atoms with Crippen molar-refractivity contribution in [2.75, 3.05) is 17.7 Å². The summed E-state index contributed by atoms with van der Waals surface area (Å²) in [4.78, 5) is 38.1. The van der Waals surface area contributed by atoms with Gasteiger partial charge in [0.2, 0.25) is 17.7 Å². The summed E-state index contributed by atoms with van der Waals surface area (Å²) in [6, 6.07) is 16.3. The summed E-state index contributed by atoms with van der Waals surface area (Å²) >= 11 is 0. The van der Waals surface area contributed by atoms with Crippen molar-refractivity contribution < 1.29 is 14.4 Å². The lowest BCUT2D eigenvalue weighted by atomic mass is 9.84. The van der Waals surface area contributed by atoms with E-state index in [0.717, 1.165) is 5.56 Å². The lowest BCUT2D eigenvalue weighted by Crippen LogP contribution is -2.44. The zero-order valence-electron chi connectivity index (χ0n) is 15.4. The molecule has 2 atom stereocenters. The van der Waals surface area contributed by atoms with Crippen LogP contribution in [-0.2, 0) is 14.4 Å². The lowest BCUT2D eigenvalue weighted by molar-refractivity contribution is -0.140. The van der Waals surface area contributed by atoms with Gasteiger partial charge in [-0.05, 0) is 30.2 Å². The number of hydrogen-bond donors (Lipinski definition) is 2. The Bertz CT molecular complexity index is 851. The zero-order valence-corrected chi connectivity index (χ0v) is 15.4. The summed E-state index contributed by atoms with van der Waals surface area (Å²) in [6.07, 6.45) is 0.851. The molecule has 27 heavy (non-hydrogen) atoms. The van der Waals surface area contributed by atoms with E-state index in [1.807, 2.05) is 30.3 Å². The van der Waals surface area contributed by atoms with Crippen LogP contribution in [0.2, 0.25) is 0 Å². The third-order valence-electron chi connectivity index (χ3n) is 4.79. The molecule has 1 fully saturated rings. The predicted octanol–water partition coefficient (Wildman–Crippen LogP) is 3.19. The first kappa shape index (κ1) is 18.6. The van der Waals surface area contributed by atoms with Gasteiger partial charge in [-0.15, -0.1) is 0 Å². The summed E-state index contributed by atoms with van der Waals surface area (Å²) in [7, 11) is 1.75. The number of anilines is 2. The Balaban J connectivity index is 1.82. The van der Waals surface area contributed by atoms with E-state index in [0.29, 0.717) is 24.2 Å². The molecule has 0 saturated carbocycles. The molecule has 3 amide bonds. The van der Waals surface area contributed by atoms with Crippen LogP contribution in [0.3, 0.4) is 0 Å². The van der Waals surface area contributed by atoms with E-state index in [4.69, 9.17) is 0 Å². The molecular formula is C21H23N3O3. The highest BCUT2D eigenvalue weighted by Gasteiger charge is 2.38. The molecule has 0 spiro atoms. The Kier molecular flexibility index (Phi) is 5.54. The summed E-state index contributed by atoms with van der Waals surface area (Å²) in [5.41, 5.74) is 2.17. The number of hydrogen-bond acceptors (Lipinski definition) is 3. The molecule has 3 rings (SSSR count). The molecule has 1 saturated heterocycles. The van der Waals surface area contributed by atoms with Gasteiger partial charge in [0.05, 0.1) is 12.0 Å². The van der Waals surface area contributed by atoms with Gasteiger partial charge in [0.25, 0.3) is 0 Å². The highest BCUT2D eigenvalue weighted by atomic mass is 16.2. The highest BCUT2D eigenvalue weighted by Crippen LogP contribution is 2.36. The first-order chi connectivity index (χ1) is 13.0. The lowest BCUT2D eigenvalue weighted by Gasteiger charge is -2.38. The number of amides is 3. The van der Waals surface area contributed by atoms with Gasteiger partial charge in [-0.1, -0.05) is 36.4 Å². The van der Waals surface area contributed by atoms with Gasteiger partial charge in [-0.3, -0.25) is 14.4 Å². The maximum absolute atomic E-state index is 13.0. The average molecular weight is 365 g/mol.